The molecule has 0 radical (unpaired) electrons. The predicted molar refractivity (Wildman–Crippen MR) is 56.1 cm³/mol. The molecule has 1 amide bonds. The van der Waals surface area contributed by atoms with Crippen LogP contribution in [0.4, 0.5) is 8.78 Å². The fraction of sp³-hybridized carbons (Fsp3) is 0.333. The van der Waals surface area contributed by atoms with Crippen molar-refractivity contribution in [3.05, 3.63) is 35.4 Å². The summed E-state index contributed by atoms with van der Waals surface area (Å²) in [5.74, 6) is -2.74. The fourth-order valence-corrected chi connectivity index (χ4v) is 1.77. The third-order valence-electron chi connectivity index (χ3n) is 2.87. The molecule has 1 aromatic rings. The van der Waals surface area contributed by atoms with Gasteiger partial charge in [-0.2, -0.15) is 0 Å². The topological polar surface area (TPSA) is 46.2 Å². The van der Waals surface area contributed by atoms with Crippen molar-refractivity contribution in [1.29, 1.82) is 0 Å². The van der Waals surface area contributed by atoms with E-state index in [1.807, 2.05) is 0 Å². The van der Waals surface area contributed by atoms with Crippen LogP contribution >= 0.6 is 0 Å². The van der Waals surface area contributed by atoms with E-state index in [0.29, 0.717) is 12.8 Å². The van der Waals surface area contributed by atoms with E-state index in [2.05, 4.69) is 5.32 Å². The second kappa shape index (κ2) is 3.91. The molecule has 0 saturated heterocycles. The maximum atomic E-state index is 13.6. The summed E-state index contributed by atoms with van der Waals surface area (Å²) in [5, 5.41) is 2.49. The Labute approximate surface area is 96.8 Å². The number of benzene rings is 1. The predicted octanol–water partition coefficient (Wildman–Crippen LogP) is 1.66. The van der Waals surface area contributed by atoms with E-state index >= 15 is 0 Å². The third kappa shape index (κ3) is 2.18. The summed E-state index contributed by atoms with van der Waals surface area (Å²) in [6.45, 7) is 1.15. The Bertz CT molecular complexity index is 495. The Morgan fingerprint density at radius 2 is 1.94 bits per heavy atom. The molecule has 1 fully saturated rings. The van der Waals surface area contributed by atoms with Gasteiger partial charge in [0, 0.05) is 18.6 Å². The highest BCUT2D eigenvalue weighted by Gasteiger charge is 2.47. The van der Waals surface area contributed by atoms with Crippen LogP contribution in [0.1, 0.15) is 25.3 Å². The van der Waals surface area contributed by atoms with E-state index in [1.54, 1.807) is 0 Å². The molecule has 1 aliphatic rings. The molecule has 90 valence electrons. The third-order valence-corrected chi connectivity index (χ3v) is 2.87. The van der Waals surface area contributed by atoms with E-state index in [0.717, 1.165) is 19.1 Å². The summed E-state index contributed by atoms with van der Waals surface area (Å²) >= 11 is 0. The molecule has 3 nitrogen and oxygen atoms in total. The molecule has 17 heavy (non-hydrogen) atoms. The zero-order valence-electron chi connectivity index (χ0n) is 9.22. The quantitative estimate of drug-likeness (QED) is 0.815. The van der Waals surface area contributed by atoms with Crippen molar-refractivity contribution in [2.24, 2.45) is 0 Å². The molecule has 5 heteroatoms. The summed E-state index contributed by atoms with van der Waals surface area (Å²) in [7, 11) is 0. The Kier molecular flexibility index (Phi) is 2.69. The van der Waals surface area contributed by atoms with Gasteiger partial charge in [0.25, 0.3) is 5.91 Å². The first-order chi connectivity index (χ1) is 7.94. The van der Waals surface area contributed by atoms with Gasteiger partial charge in [-0.05, 0) is 18.9 Å². The van der Waals surface area contributed by atoms with Crippen molar-refractivity contribution < 1.29 is 18.4 Å². The molecule has 1 N–H and O–H groups in total. The van der Waals surface area contributed by atoms with Crippen molar-refractivity contribution in [1.82, 2.24) is 5.32 Å². The van der Waals surface area contributed by atoms with Crippen LogP contribution in [0.5, 0.6) is 0 Å². The van der Waals surface area contributed by atoms with Gasteiger partial charge in [-0.3, -0.25) is 9.59 Å². The molecule has 1 aliphatic carbocycles. The van der Waals surface area contributed by atoms with Crippen LogP contribution in [-0.2, 0) is 15.1 Å². The lowest BCUT2D eigenvalue weighted by Crippen LogP contribution is -2.39. The van der Waals surface area contributed by atoms with E-state index in [-0.39, 0.29) is 5.56 Å². The zero-order chi connectivity index (χ0) is 12.6. The first-order valence-corrected chi connectivity index (χ1v) is 5.23. The van der Waals surface area contributed by atoms with Crippen LogP contribution in [-0.4, -0.2) is 11.7 Å². The molecule has 0 heterocycles. The second-order valence-electron chi connectivity index (χ2n) is 4.22. The maximum absolute atomic E-state index is 13.6. The Balaban J connectivity index is 2.27. The van der Waals surface area contributed by atoms with Crippen LogP contribution in [0.15, 0.2) is 18.2 Å². The molecule has 0 atom stereocenters. The number of amides is 1. The number of carbonyl (C=O) groups excluding carboxylic acids is 2. The SMILES string of the molecule is CC(=O)C(=O)NC1(c2ccc(F)cc2F)CC1. The molecule has 0 aliphatic heterocycles. The van der Waals surface area contributed by atoms with Gasteiger partial charge in [-0.25, -0.2) is 8.78 Å². The summed E-state index contributed by atoms with van der Waals surface area (Å²) < 4.78 is 26.3. The summed E-state index contributed by atoms with van der Waals surface area (Å²) in [6.07, 6.45) is 1.10. The number of carbonyl (C=O) groups is 2. The normalized spacial score (nSPS) is 16.4. The van der Waals surface area contributed by atoms with Crippen molar-refractivity contribution in [2.45, 2.75) is 25.3 Å². The van der Waals surface area contributed by atoms with Gasteiger partial charge in [0.15, 0.2) is 0 Å². The van der Waals surface area contributed by atoms with Gasteiger partial charge >= 0.3 is 0 Å². The summed E-state index contributed by atoms with van der Waals surface area (Å²) in [4.78, 5) is 22.1. The number of halogens is 2. The highest BCUT2D eigenvalue weighted by Crippen LogP contribution is 2.46. The van der Waals surface area contributed by atoms with Crippen LogP contribution in [0, 0.1) is 11.6 Å². The lowest BCUT2D eigenvalue weighted by atomic mass is 10.0. The highest BCUT2D eigenvalue weighted by atomic mass is 19.1. The van der Waals surface area contributed by atoms with Gasteiger partial charge in [0.2, 0.25) is 5.78 Å². The number of hydrogen-bond acceptors (Lipinski definition) is 2. The largest absolute Gasteiger partial charge is 0.340 e. The second-order valence-corrected chi connectivity index (χ2v) is 4.22. The van der Waals surface area contributed by atoms with Crippen molar-refractivity contribution in [3.63, 3.8) is 0 Å². The molecule has 0 aromatic heterocycles. The number of nitrogens with one attached hydrogen (secondary N) is 1. The summed E-state index contributed by atoms with van der Waals surface area (Å²) in [6, 6.07) is 3.21. The fourth-order valence-electron chi connectivity index (χ4n) is 1.77. The van der Waals surface area contributed by atoms with Crippen LogP contribution in [0.2, 0.25) is 0 Å². The van der Waals surface area contributed by atoms with Gasteiger partial charge < -0.3 is 5.32 Å². The molecule has 1 aromatic carbocycles. The number of rotatable bonds is 3. The maximum Gasteiger partial charge on any atom is 0.287 e. The van der Waals surface area contributed by atoms with Crippen molar-refractivity contribution >= 4 is 11.7 Å². The van der Waals surface area contributed by atoms with E-state index in [9.17, 15) is 18.4 Å². The monoisotopic (exact) mass is 239 g/mol. The van der Waals surface area contributed by atoms with Crippen LogP contribution in [0.3, 0.4) is 0 Å². The minimum atomic E-state index is -0.833. The van der Waals surface area contributed by atoms with Crippen LogP contribution in [0.25, 0.3) is 0 Å². The first-order valence-electron chi connectivity index (χ1n) is 5.23. The molecule has 0 unspecified atom stereocenters. The van der Waals surface area contributed by atoms with Gasteiger partial charge in [0.05, 0.1) is 5.54 Å². The standard InChI is InChI=1S/C12H11F2NO2/c1-7(16)11(17)15-12(4-5-12)9-3-2-8(13)6-10(9)14/h2-3,6H,4-5H2,1H3,(H,15,17). The molecule has 0 bridgehead atoms. The molecular weight excluding hydrogens is 228 g/mol. The number of Topliss-reactive ketones (excluding diaryl/α,β-unsaturated/α-hetero) is 1. The van der Waals surface area contributed by atoms with Gasteiger partial charge in [0.1, 0.15) is 11.6 Å². The molecule has 0 spiro atoms. The summed E-state index contributed by atoms with van der Waals surface area (Å²) in [5.41, 5.74) is -0.603. The minimum Gasteiger partial charge on any atom is -0.340 e. The molecule has 1 saturated carbocycles. The highest BCUT2D eigenvalue weighted by molar-refractivity contribution is 6.35. The van der Waals surface area contributed by atoms with Gasteiger partial charge in [-0.1, -0.05) is 6.07 Å². The zero-order valence-corrected chi connectivity index (χ0v) is 9.22. The van der Waals surface area contributed by atoms with Crippen molar-refractivity contribution in [2.75, 3.05) is 0 Å². The smallest absolute Gasteiger partial charge is 0.287 e. The molecular formula is C12H11F2NO2. The Morgan fingerprint density at radius 3 is 2.41 bits per heavy atom. The lowest BCUT2D eigenvalue weighted by Gasteiger charge is -2.17. The van der Waals surface area contributed by atoms with Crippen LogP contribution < -0.4 is 5.32 Å². The average Bonchev–Trinajstić information content (AvgIpc) is 2.98. The average molecular weight is 239 g/mol. The van der Waals surface area contributed by atoms with E-state index in [1.165, 1.54) is 6.07 Å². The number of ketones is 1. The molecule has 2 rings (SSSR count). The lowest BCUT2D eigenvalue weighted by molar-refractivity contribution is -0.137. The Morgan fingerprint density at radius 1 is 1.29 bits per heavy atom. The van der Waals surface area contributed by atoms with E-state index in [4.69, 9.17) is 0 Å². The van der Waals surface area contributed by atoms with E-state index < -0.39 is 28.9 Å². The number of hydrogen-bond donors (Lipinski definition) is 1. The van der Waals surface area contributed by atoms with Gasteiger partial charge in [-0.15, -0.1) is 0 Å². The minimum absolute atomic E-state index is 0.230. The first kappa shape index (κ1) is 11.7. The Hall–Kier alpha value is -1.78. The van der Waals surface area contributed by atoms with Crippen molar-refractivity contribution in [3.8, 4) is 0 Å².